The summed E-state index contributed by atoms with van der Waals surface area (Å²) in [5, 5.41) is 9.10. The molecule has 0 saturated carbocycles. The highest BCUT2D eigenvalue weighted by molar-refractivity contribution is 5.89. The van der Waals surface area contributed by atoms with Crippen molar-refractivity contribution in [2.24, 2.45) is 0 Å². The number of carboxylic acid groups (broad SMARTS) is 1. The molecule has 0 atom stereocenters. The smallest absolute Gasteiger partial charge is 0.335 e. The van der Waals surface area contributed by atoms with Gasteiger partial charge in [0.05, 0.1) is 5.56 Å². The van der Waals surface area contributed by atoms with Crippen molar-refractivity contribution in [3.63, 3.8) is 0 Å². The monoisotopic (exact) mass is 282 g/mol. The minimum atomic E-state index is -0.880. The minimum absolute atomic E-state index is 0.340. The minimum Gasteiger partial charge on any atom is -0.478 e. The molecule has 0 saturated heterocycles. The van der Waals surface area contributed by atoms with Crippen LogP contribution in [0.25, 0.3) is 11.1 Å². The van der Waals surface area contributed by atoms with E-state index in [0.29, 0.717) is 5.56 Å². The number of hydrogen-bond acceptors (Lipinski definition) is 1. The molecule has 2 heteroatoms. The first-order chi connectivity index (χ1) is 9.75. The molecule has 0 heterocycles. The van der Waals surface area contributed by atoms with E-state index in [9.17, 15) is 4.79 Å². The Hall–Kier alpha value is -2.09. The van der Waals surface area contributed by atoms with Crippen molar-refractivity contribution in [3.05, 3.63) is 57.1 Å². The molecule has 0 aliphatic heterocycles. The summed E-state index contributed by atoms with van der Waals surface area (Å²) in [6, 6.07) is 5.37. The molecule has 2 rings (SSSR count). The lowest BCUT2D eigenvalue weighted by atomic mass is 9.84. The largest absolute Gasteiger partial charge is 0.478 e. The summed E-state index contributed by atoms with van der Waals surface area (Å²) >= 11 is 0. The highest BCUT2D eigenvalue weighted by atomic mass is 16.4. The number of carboxylic acids is 1. The van der Waals surface area contributed by atoms with Gasteiger partial charge >= 0.3 is 5.97 Å². The maximum Gasteiger partial charge on any atom is 0.335 e. The topological polar surface area (TPSA) is 37.3 Å². The summed E-state index contributed by atoms with van der Waals surface area (Å²) in [5.74, 6) is -0.880. The van der Waals surface area contributed by atoms with Gasteiger partial charge in [0.25, 0.3) is 0 Å². The molecule has 0 unspecified atom stereocenters. The van der Waals surface area contributed by atoms with Crippen LogP contribution in [0.5, 0.6) is 0 Å². The fourth-order valence-electron chi connectivity index (χ4n) is 2.98. The second-order valence-electron chi connectivity index (χ2n) is 5.83. The fourth-order valence-corrected chi connectivity index (χ4v) is 2.98. The molecule has 21 heavy (non-hydrogen) atoms. The Bertz CT molecular complexity index is 711. The fraction of sp³-hybridized carbons (Fsp3) is 0.316. The van der Waals surface area contributed by atoms with Gasteiger partial charge < -0.3 is 5.11 Å². The van der Waals surface area contributed by atoms with Crippen molar-refractivity contribution in [2.75, 3.05) is 0 Å². The Kier molecular flexibility index (Phi) is 3.91. The number of hydrogen-bond donors (Lipinski definition) is 1. The molecular weight excluding hydrogens is 260 g/mol. The zero-order valence-electron chi connectivity index (χ0n) is 13.6. The van der Waals surface area contributed by atoms with Gasteiger partial charge in [-0.2, -0.15) is 0 Å². The van der Waals surface area contributed by atoms with Crippen LogP contribution in [-0.4, -0.2) is 11.1 Å². The molecule has 0 bridgehead atoms. The van der Waals surface area contributed by atoms with Gasteiger partial charge in [0.2, 0.25) is 0 Å². The van der Waals surface area contributed by atoms with Crippen LogP contribution in [0, 0.1) is 41.5 Å². The van der Waals surface area contributed by atoms with Crippen LogP contribution in [0.1, 0.15) is 43.7 Å². The molecule has 2 nitrogen and oxygen atoms in total. The lowest BCUT2D eigenvalue weighted by Crippen LogP contribution is -2.02. The maximum atomic E-state index is 11.1. The Morgan fingerprint density at radius 2 is 1.29 bits per heavy atom. The Morgan fingerprint density at radius 1 is 0.810 bits per heavy atom. The van der Waals surface area contributed by atoms with Gasteiger partial charge in [0.15, 0.2) is 0 Å². The average molecular weight is 282 g/mol. The summed E-state index contributed by atoms with van der Waals surface area (Å²) in [6.45, 7) is 12.7. The SMILES string of the molecule is Cc1cc(C(=O)O)ccc1-c1c(C)c(C)c(C)c(C)c1C. The van der Waals surface area contributed by atoms with Gasteiger partial charge in [-0.3, -0.25) is 0 Å². The number of carbonyl (C=O) groups is 1. The van der Waals surface area contributed by atoms with Gasteiger partial charge in [-0.25, -0.2) is 4.79 Å². The van der Waals surface area contributed by atoms with Crippen molar-refractivity contribution >= 4 is 5.97 Å². The molecular formula is C19H22O2. The molecule has 0 aromatic heterocycles. The van der Waals surface area contributed by atoms with Crippen LogP contribution in [0.2, 0.25) is 0 Å². The summed E-state index contributed by atoms with van der Waals surface area (Å²) in [5.41, 5.74) is 10.2. The number of rotatable bonds is 2. The number of benzene rings is 2. The van der Waals surface area contributed by atoms with Gasteiger partial charge in [-0.1, -0.05) is 6.07 Å². The van der Waals surface area contributed by atoms with Crippen LogP contribution in [0.15, 0.2) is 18.2 Å². The number of aromatic carboxylic acids is 1. The van der Waals surface area contributed by atoms with E-state index in [0.717, 1.165) is 11.1 Å². The van der Waals surface area contributed by atoms with Crippen LogP contribution in [0.3, 0.4) is 0 Å². The summed E-state index contributed by atoms with van der Waals surface area (Å²) in [4.78, 5) is 11.1. The molecule has 110 valence electrons. The summed E-state index contributed by atoms with van der Waals surface area (Å²) in [6.07, 6.45) is 0. The van der Waals surface area contributed by atoms with E-state index in [1.807, 2.05) is 13.0 Å². The first kappa shape index (κ1) is 15.3. The van der Waals surface area contributed by atoms with Crippen molar-refractivity contribution < 1.29 is 9.90 Å². The van der Waals surface area contributed by atoms with Crippen LogP contribution >= 0.6 is 0 Å². The van der Waals surface area contributed by atoms with Crippen LogP contribution in [0.4, 0.5) is 0 Å². The van der Waals surface area contributed by atoms with E-state index in [4.69, 9.17) is 5.11 Å². The van der Waals surface area contributed by atoms with Crippen LogP contribution < -0.4 is 0 Å². The molecule has 1 N–H and O–H groups in total. The second-order valence-corrected chi connectivity index (χ2v) is 5.83. The first-order valence-electron chi connectivity index (χ1n) is 7.17. The van der Waals surface area contributed by atoms with Gasteiger partial charge in [0.1, 0.15) is 0 Å². The van der Waals surface area contributed by atoms with Gasteiger partial charge in [0, 0.05) is 0 Å². The van der Waals surface area contributed by atoms with E-state index in [1.165, 1.54) is 33.4 Å². The van der Waals surface area contributed by atoms with Gasteiger partial charge in [-0.05, 0) is 98.2 Å². The predicted octanol–water partition coefficient (Wildman–Crippen LogP) is 4.90. The molecule has 0 amide bonds. The summed E-state index contributed by atoms with van der Waals surface area (Å²) < 4.78 is 0. The summed E-state index contributed by atoms with van der Waals surface area (Å²) in [7, 11) is 0. The average Bonchev–Trinajstić information content (AvgIpc) is 2.44. The lowest BCUT2D eigenvalue weighted by Gasteiger charge is -2.20. The van der Waals surface area contributed by atoms with Crippen molar-refractivity contribution in [1.29, 1.82) is 0 Å². The van der Waals surface area contributed by atoms with Crippen molar-refractivity contribution in [1.82, 2.24) is 0 Å². The zero-order valence-corrected chi connectivity index (χ0v) is 13.6. The van der Waals surface area contributed by atoms with E-state index >= 15 is 0 Å². The Balaban J connectivity index is 2.77. The first-order valence-corrected chi connectivity index (χ1v) is 7.17. The third-order valence-corrected chi connectivity index (χ3v) is 4.74. The highest BCUT2D eigenvalue weighted by Crippen LogP contribution is 2.35. The zero-order chi connectivity index (χ0) is 15.9. The third-order valence-electron chi connectivity index (χ3n) is 4.74. The van der Waals surface area contributed by atoms with Crippen LogP contribution in [-0.2, 0) is 0 Å². The van der Waals surface area contributed by atoms with E-state index in [1.54, 1.807) is 12.1 Å². The Morgan fingerprint density at radius 3 is 1.71 bits per heavy atom. The van der Waals surface area contributed by atoms with E-state index in [2.05, 4.69) is 34.6 Å². The predicted molar refractivity (Wildman–Crippen MR) is 87.3 cm³/mol. The lowest BCUT2D eigenvalue weighted by molar-refractivity contribution is 0.0697. The number of aryl methyl sites for hydroxylation is 1. The van der Waals surface area contributed by atoms with Crippen molar-refractivity contribution in [3.8, 4) is 11.1 Å². The maximum absolute atomic E-state index is 11.1. The molecule has 0 aliphatic rings. The van der Waals surface area contributed by atoms with Gasteiger partial charge in [-0.15, -0.1) is 0 Å². The Labute approximate surface area is 126 Å². The second kappa shape index (κ2) is 5.36. The molecule has 2 aromatic carbocycles. The molecule has 0 spiro atoms. The highest BCUT2D eigenvalue weighted by Gasteiger charge is 2.16. The normalized spacial score (nSPS) is 10.8. The van der Waals surface area contributed by atoms with E-state index in [-0.39, 0.29) is 0 Å². The van der Waals surface area contributed by atoms with E-state index < -0.39 is 5.97 Å². The molecule has 0 radical (unpaired) electrons. The standard InChI is InChI=1S/C19H22O2/c1-10-9-16(19(20)21)7-8-17(10)18-14(5)12(3)11(2)13(4)15(18)6/h7-9H,1-6H3,(H,20,21). The molecule has 0 fully saturated rings. The third kappa shape index (κ3) is 2.46. The molecule has 0 aliphatic carbocycles. The molecule has 2 aromatic rings. The quantitative estimate of drug-likeness (QED) is 0.850. The van der Waals surface area contributed by atoms with Crippen molar-refractivity contribution in [2.45, 2.75) is 41.5 Å².